The Labute approximate surface area is 239 Å². The number of rotatable bonds is 4. The molecular weight excluding hydrogens is 521 g/mol. The zero-order valence-corrected chi connectivity index (χ0v) is 23.5. The second-order valence-corrected chi connectivity index (χ2v) is 11.5. The molecule has 2 aromatic carbocycles. The van der Waals surface area contributed by atoms with Crippen LogP contribution in [0.15, 0.2) is 36.4 Å². The number of halogens is 1. The summed E-state index contributed by atoms with van der Waals surface area (Å²) in [6.07, 6.45) is 4.09. The molecule has 1 saturated heterocycles. The van der Waals surface area contributed by atoms with Crippen LogP contribution < -0.4 is 0 Å². The summed E-state index contributed by atoms with van der Waals surface area (Å²) in [6, 6.07) is 12.8. The first-order valence-corrected chi connectivity index (χ1v) is 14.3. The number of aryl methyl sites for hydroxylation is 1. The lowest BCUT2D eigenvalue weighted by Gasteiger charge is -2.37. The molecule has 2 aliphatic heterocycles. The molecule has 9 heteroatoms. The van der Waals surface area contributed by atoms with Gasteiger partial charge in [-0.1, -0.05) is 24.6 Å². The normalized spacial score (nSPS) is 18.3. The number of ether oxygens (including phenoxy) is 1. The van der Waals surface area contributed by atoms with Gasteiger partial charge in [-0.25, -0.2) is 14.2 Å². The number of carbonyl (C=O) groups is 2. The predicted octanol–water partition coefficient (Wildman–Crippen LogP) is 5.75. The van der Waals surface area contributed by atoms with Crippen molar-refractivity contribution in [2.45, 2.75) is 63.6 Å². The summed E-state index contributed by atoms with van der Waals surface area (Å²) in [7, 11) is 1.38. The SMILES string of the molecule is COC(=O)N1CCc2nc(-c3cc(C(=O)N4CCC(F)(c5ccc(C#N)cc5)CC4)c(C)cc3C3CCC3)[nH]c2C1. The van der Waals surface area contributed by atoms with Gasteiger partial charge in [0.25, 0.3) is 5.91 Å². The number of amides is 2. The molecule has 1 aliphatic carbocycles. The number of nitrogens with zero attached hydrogens (tertiary/aromatic N) is 4. The summed E-state index contributed by atoms with van der Waals surface area (Å²) >= 11 is 0. The van der Waals surface area contributed by atoms with E-state index in [0.717, 1.165) is 41.2 Å². The minimum Gasteiger partial charge on any atom is -0.453 e. The third-order valence-electron chi connectivity index (χ3n) is 9.07. The lowest BCUT2D eigenvalue weighted by molar-refractivity contribution is 0.0421. The molecule has 2 fully saturated rings. The Hall–Kier alpha value is -4.19. The molecule has 0 bridgehead atoms. The number of aromatic amines is 1. The summed E-state index contributed by atoms with van der Waals surface area (Å²) in [4.78, 5) is 37.7. The Morgan fingerprint density at radius 2 is 1.85 bits per heavy atom. The Kier molecular flexibility index (Phi) is 7.02. The highest BCUT2D eigenvalue weighted by atomic mass is 19.1. The van der Waals surface area contributed by atoms with E-state index in [1.807, 2.05) is 13.0 Å². The highest BCUT2D eigenvalue weighted by Crippen LogP contribution is 2.43. The van der Waals surface area contributed by atoms with Crippen LogP contribution in [0.3, 0.4) is 0 Å². The monoisotopic (exact) mass is 555 g/mol. The average molecular weight is 556 g/mol. The second-order valence-electron chi connectivity index (χ2n) is 11.5. The van der Waals surface area contributed by atoms with Gasteiger partial charge in [0, 0.05) is 50.0 Å². The van der Waals surface area contributed by atoms with E-state index in [4.69, 9.17) is 15.0 Å². The molecule has 41 heavy (non-hydrogen) atoms. The smallest absolute Gasteiger partial charge is 0.409 e. The number of methoxy groups -OCH3 is 1. The first-order valence-electron chi connectivity index (χ1n) is 14.3. The molecule has 0 radical (unpaired) electrons. The molecular formula is C32H34FN5O3. The third kappa shape index (κ3) is 4.96. The standard InChI is InChI=1S/C32H34FN5O3/c1-20-16-25(22-4-3-5-22)26(29-35-27-10-13-38(31(40)41-2)19-28(27)36-29)17-24(20)30(39)37-14-11-32(33,12-15-37)23-8-6-21(18-34)7-9-23/h6-9,16-17,22H,3-5,10-15,19H2,1-2H3,(H,35,36). The Bertz CT molecular complexity index is 1530. The van der Waals surface area contributed by atoms with Crippen molar-refractivity contribution in [3.63, 3.8) is 0 Å². The van der Waals surface area contributed by atoms with Crippen LogP contribution in [0.5, 0.6) is 0 Å². The quantitative estimate of drug-likeness (QED) is 0.442. The van der Waals surface area contributed by atoms with Gasteiger partial charge in [0.1, 0.15) is 11.5 Å². The van der Waals surface area contributed by atoms with Gasteiger partial charge in [0.15, 0.2) is 0 Å². The van der Waals surface area contributed by atoms with Crippen molar-refractivity contribution in [2.75, 3.05) is 26.7 Å². The summed E-state index contributed by atoms with van der Waals surface area (Å²) in [5, 5.41) is 9.06. The van der Waals surface area contributed by atoms with Gasteiger partial charge in [-0.05, 0) is 60.6 Å². The maximum Gasteiger partial charge on any atom is 0.409 e. The first-order chi connectivity index (χ1) is 19.8. The van der Waals surface area contributed by atoms with Gasteiger partial charge in [-0.2, -0.15) is 5.26 Å². The number of fused-ring (bicyclic) bond motifs is 1. The Morgan fingerprint density at radius 3 is 2.49 bits per heavy atom. The maximum absolute atomic E-state index is 15.9. The highest BCUT2D eigenvalue weighted by molar-refractivity contribution is 5.97. The number of H-pyrrole nitrogens is 1. The third-order valence-corrected chi connectivity index (χ3v) is 9.07. The minimum atomic E-state index is -1.52. The number of aromatic nitrogens is 2. The van der Waals surface area contributed by atoms with E-state index in [1.165, 1.54) is 19.1 Å². The molecule has 3 heterocycles. The fraction of sp³-hybridized carbons (Fsp3) is 0.438. The van der Waals surface area contributed by atoms with Crippen LogP contribution in [0.25, 0.3) is 11.4 Å². The number of benzene rings is 2. The molecule has 0 spiro atoms. The van der Waals surface area contributed by atoms with Crippen molar-refractivity contribution in [3.8, 4) is 17.5 Å². The lowest BCUT2D eigenvalue weighted by atomic mass is 9.77. The number of carbonyl (C=O) groups excluding carboxylic acids is 2. The summed E-state index contributed by atoms with van der Waals surface area (Å²) in [6.45, 7) is 3.55. The van der Waals surface area contributed by atoms with E-state index in [0.29, 0.717) is 55.2 Å². The first kappa shape index (κ1) is 27.0. The molecule has 212 valence electrons. The zero-order chi connectivity index (χ0) is 28.7. The van der Waals surface area contributed by atoms with Gasteiger partial charge in [-0.3, -0.25) is 4.79 Å². The van der Waals surface area contributed by atoms with Crippen molar-refractivity contribution in [3.05, 3.63) is 75.6 Å². The number of nitrogens with one attached hydrogen (secondary N) is 1. The molecule has 6 rings (SSSR count). The van der Waals surface area contributed by atoms with E-state index >= 15 is 4.39 Å². The number of piperidine rings is 1. The molecule has 1 saturated carbocycles. The number of nitriles is 1. The Morgan fingerprint density at radius 1 is 1.12 bits per heavy atom. The number of hydrogen-bond donors (Lipinski definition) is 1. The molecule has 0 unspecified atom stereocenters. The van der Waals surface area contributed by atoms with Crippen LogP contribution in [-0.2, 0) is 23.4 Å². The topological polar surface area (TPSA) is 102 Å². The van der Waals surface area contributed by atoms with Crippen LogP contribution in [0.4, 0.5) is 9.18 Å². The predicted molar refractivity (Wildman–Crippen MR) is 151 cm³/mol. The summed E-state index contributed by atoms with van der Waals surface area (Å²) in [5.74, 6) is 1.05. The van der Waals surface area contributed by atoms with Crippen molar-refractivity contribution in [1.29, 1.82) is 5.26 Å². The molecule has 8 nitrogen and oxygen atoms in total. The van der Waals surface area contributed by atoms with Crippen LogP contribution in [-0.4, -0.2) is 58.5 Å². The van der Waals surface area contributed by atoms with Gasteiger partial charge < -0.3 is 19.5 Å². The van der Waals surface area contributed by atoms with E-state index in [2.05, 4.69) is 17.1 Å². The minimum absolute atomic E-state index is 0.0982. The summed E-state index contributed by atoms with van der Waals surface area (Å²) in [5.41, 5.74) is 5.01. The Balaban J connectivity index is 1.26. The fourth-order valence-corrected chi connectivity index (χ4v) is 6.30. The van der Waals surface area contributed by atoms with Crippen molar-refractivity contribution < 1.29 is 18.7 Å². The number of imidazole rings is 1. The van der Waals surface area contributed by atoms with Crippen LogP contribution >= 0.6 is 0 Å². The van der Waals surface area contributed by atoms with E-state index in [9.17, 15) is 9.59 Å². The van der Waals surface area contributed by atoms with E-state index < -0.39 is 5.67 Å². The molecule has 3 aromatic rings. The van der Waals surface area contributed by atoms with Crippen molar-refractivity contribution in [1.82, 2.24) is 19.8 Å². The van der Waals surface area contributed by atoms with Gasteiger partial charge in [0.05, 0.1) is 36.7 Å². The van der Waals surface area contributed by atoms with Crippen molar-refractivity contribution >= 4 is 12.0 Å². The average Bonchev–Trinajstić information content (AvgIpc) is 3.39. The number of alkyl halides is 1. The summed E-state index contributed by atoms with van der Waals surface area (Å²) < 4.78 is 20.8. The molecule has 3 aliphatic rings. The fourth-order valence-electron chi connectivity index (χ4n) is 6.30. The second kappa shape index (κ2) is 10.7. The molecule has 1 N–H and O–H groups in total. The molecule has 2 amide bonds. The number of likely N-dealkylation sites (tertiary alicyclic amines) is 1. The largest absolute Gasteiger partial charge is 0.453 e. The van der Waals surface area contributed by atoms with E-state index in [-0.39, 0.29) is 24.8 Å². The zero-order valence-electron chi connectivity index (χ0n) is 23.5. The van der Waals surface area contributed by atoms with Crippen molar-refractivity contribution in [2.24, 2.45) is 0 Å². The molecule has 0 atom stereocenters. The lowest BCUT2D eigenvalue weighted by Crippen LogP contribution is -2.43. The van der Waals surface area contributed by atoms with Gasteiger partial charge in [-0.15, -0.1) is 0 Å². The van der Waals surface area contributed by atoms with Gasteiger partial charge in [0.2, 0.25) is 0 Å². The van der Waals surface area contributed by atoms with Crippen LogP contribution in [0, 0.1) is 18.3 Å². The van der Waals surface area contributed by atoms with Crippen LogP contribution in [0.2, 0.25) is 0 Å². The molecule has 1 aromatic heterocycles. The highest BCUT2D eigenvalue weighted by Gasteiger charge is 2.38. The van der Waals surface area contributed by atoms with E-state index in [1.54, 1.807) is 34.1 Å². The number of hydrogen-bond acceptors (Lipinski definition) is 5. The van der Waals surface area contributed by atoms with Crippen LogP contribution in [0.1, 0.15) is 82.0 Å². The maximum atomic E-state index is 15.9. The van der Waals surface area contributed by atoms with Gasteiger partial charge >= 0.3 is 6.09 Å².